The summed E-state index contributed by atoms with van der Waals surface area (Å²) >= 11 is 3.01. The zero-order valence-corrected chi connectivity index (χ0v) is 20.7. The van der Waals surface area contributed by atoms with Crippen LogP contribution < -0.4 is 10.9 Å². The van der Waals surface area contributed by atoms with Crippen LogP contribution in [0.1, 0.15) is 30.4 Å². The molecule has 4 aromatic rings. The van der Waals surface area contributed by atoms with E-state index in [1.54, 1.807) is 16.3 Å². The zero-order chi connectivity index (χ0) is 23.5. The highest BCUT2D eigenvalue weighted by atomic mass is 32.2. The van der Waals surface area contributed by atoms with Gasteiger partial charge in [0.15, 0.2) is 5.16 Å². The van der Waals surface area contributed by atoms with Crippen LogP contribution in [0.25, 0.3) is 20.3 Å². The SMILES string of the molecule is Cc1cccc(CSc2nc3c(sc4ccccc43)c(=O)n2CCC(=O)NCC2CCCO2)c1. The molecule has 1 aliphatic heterocycles. The molecule has 1 amide bonds. The van der Waals surface area contributed by atoms with E-state index in [2.05, 4.69) is 30.4 Å². The van der Waals surface area contributed by atoms with Gasteiger partial charge in [0.05, 0.1) is 11.6 Å². The van der Waals surface area contributed by atoms with E-state index in [9.17, 15) is 9.59 Å². The van der Waals surface area contributed by atoms with Crippen LogP contribution in [0.4, 0.5) is 0 Å². The third-order valence-electron chi connectivity index (χ3n) is 6.01. The highest BCUT2D eigenvalue weighted by molar-refractivity contribution is 7.98. The van der Waals surface area contributed by atoms with E-state index in [0.717, 1.165) is 35.1 Å². The number of carbonyl (C=O) groups is 1. The second-order valence-electron chi connectivity index (χ2n) is 8.59. The third kappa shape index (κ3) is 5.04. The van der Waals surface area contributed by atoms with Crippen molar-refractivity contribution >= 4 is 49.3 Å². The molecule has 0 radical (unpaired) electrons. The van der Waals surface area contributed by atoms with Crippen molar-refractivity contribution in [3.63, 3.8) is 0 Å². The summed E-state index contributed by atoms with van der Waals surface area (Å²) < 4.78 is 8.94. The third-order valence-corrected chi connectivity index (χ3v) is 8.21. The molecule has 1 N–H and O–H groups in total. The van der Waals surface area contributed by atoms with Crippen molar-refractivity contribution in [2.24, 2.45) is 0 Å². The lowest BCUT2D eigenvalue weighted by atomic mass is 10.2. The van der Waals surface area contributed by atoms with Crippen LogP contribution in [-0.4, -0.2) is 34.7 Å². The van der Waals surface area contributed by atoms with Gasteiger partial charge in [-0.25, -0.2) is 4.98 Å². The molecule has 6 nitrogen and oxygen atoms in total. The summed E-state index contributed by atoms with van der Waals surface area (Å²) in [7, 11) is 0. The smallest absolute Gasteiger partial charge is 0.272 e. The Morgan fingerprint density at radius 1 is 1.26 bits per heavy atom. The van der Waals surface area contributed by atoms with Gasteiger partial charge >= 0.3 is 0 Å². The summed E-state index contributed by atoms with van der Waals surface area (Å²) in [5, 5.41) is 4.60. The molecule has 0 spiro atoms. The van der Waals surface area contributed by atoms with E-state index < -0.39 is 0 Å². The first-order valence-electron chi connectivity index (χ1n) is 11.6. The molecular formula is C26H27N3O3S2. The van der Waals surface area contributed by atoms with Gasteiger partial charge in [-0.1, -0.05) is 59.8 Å². The Bertz CT molecular complexity index is 1390. The number of aromatic nitrogens is 2. The van der Waals surface area contributed by atoms with Crippen molar-refractivity contribution in [3.8, 4) is 0 Å². The lowest BCUT2D eigenvalue weighted by Crippen LogP contribution is -2.33. The number of amides is 1. The molecule has 0 aliphatic carbocycles. The van der Waals surface area contributed by atoms with Crippen LogP contribution in [0.15, 0.2) is 58.5 Å². The maximum atomic E-state index is 13.5. The van der Waals surface area contributed by atoms with Gasteiger partial charge in [0.2, 0.25) is 5.91 Å². The number of ether oxygens (including phenoxy) is 1. The molecule has 3 heterocycles. The van der Waals surface area contributed by atoms with E-state index in [1.807, 2.05) is 30.3 Å². The lowest BCUT2D eigenvalue weighted by molar-refractivity contribution is -0.121. The van der Waals surface area contributed by atoms with Crippen LogP contribution in [0, 0.1) is 6.92 Å². The van der Waals surface area contributed by atoms with E-state index in [0.29, 0.717) is 28.7 Å². The fourth-order valence-electron chi connectivity index (χ4n) is 4.25. The summed E-state index contributed by atoms with van der Waals surface area (Å²) in [6.45, 7) is 3.65. The van der Waals surface area contributed by atoms with Crippen molar-refractivity contribution in [3.05, 3.63) is 70.0 Å². The highest BCUT2D eigenvalue weighted by Crippen LogP contribution is 2.32. The van der Waals surface area contributed by atoms with Gasteiger partial charge in [0.1, 0.15) is 4.70 Å². The minimum absolute atomic E-state index is 0.0755. The first-order valence-corrected chi connectivity index (χ1v) is 13.4. The number of benzene rings is 2. The summed E-state index contributed by atoms with van der Waals surface area (Å²) in [6, 6.07) is 16.3. The molecule has 2 aromatic carbocycles. The Balaban J connectivity index is 1.42. The van der Waals surface area contributed by atoms with Crippen molar-refractivity contribution in [1.82, 2.24) is 14.9 Å². The standard InChI is InChI=1S/C26H27N3O3S2/c1-17-6-4-7-18(14-17)16-33-26-28-23-20-9-2-3-10-21(20)34-24(23)25(31)29(26)12-11-22(30)27-15-19-8-5-13-32-19/h2-4,6-7,9-10,14,19H,5,8,11-13,15-16H2,1H3,(H,27,30). The molecule has 176 valence electrons. The fraction of sp³-hybridized carbons (Fsp3) is 0.346. The number of thiophene rings is 1. The molecule has 2 aromatic heterocycles. The number of carbonyl (C=O) groups excluding carboxylic acids is 1. The zero-order valence-electron chi connectivity index (χ0n) is 19.1. The summed E-state index contributed by atoms with van der Waals surface area (Å²) in [5.74, 6) is 0.626. The Hall–Kier alpha value is -2.68. The molecule has 1 unspecified atom stereocenters. The van der Waals surface area contributed by atoms with E-state index in [-0.39, 0.29) is 24.0 Å². The maximum absolute atomic E-state index is 13.5. The first kappa shape index (κ1) is 23.1. The summed E-state index contributed by atoms with van der Waals surface area (Å²) in [5.41, 5.74) is 3.04. The number of hydrogen-bond donors (Lipinski definition) is 1. The molecule has 34 heavy (non-hydrogen) atoms. The molecule has 0 saturated carbocycles. The van der Waals surface area contributed by atoms with Gasteiger partial charge in [0.25, 0.3) is 5.56 Å². The quantitative estimate of drug-likeness (QED) is 0.279. The monoisotopic (exact) mass is 493 g/mol. The van der Waals surface area contributed by atoms with E-state index >= 15 is 0 Å². The second kappa shape index (κ2) is 10.3. The molecular weight excluding hydrogens is 466 g/mol. The van der Waals surface area contributed by atoms with Crippen LogP contribution in [-0.2, 0) is 21.8 Å². The number of rotatable bonds is 8. The molecule has 1 aliphatic rings. The summed E-state index contributed by atoms with van der Waals surface area (Å²) in [4.78, 5) is 31.0. The number of nitrogens with one attached hydrogen (secondary N) is 1. The molecule has 1 atom stereocenters. The molecule has 1 saturated heterocycles. The average molecular weight is 494 g/mol. The number of thioether (sulfide) groups is 1. The summed E-state index contributed by atoms with van der Waals surface area (Å²) in [6.07, 6.45) is 2.34. The second-order valence-corrected chi connectivity index (χ2v) is 10.6. The van der Waals surface area contributed by atoms with Crippen LogP contribution in [0.3, 0.4) is 0 Å². The first-order chi connectivity index (χ1) is 16.6. The minimum Gasteiger partial charge on any atom is -0.376 e. The van der Waals surface area contributed by atoms with Crippen LogP contribution in [0.2, 0.25) is 0 Å². The predicted molar refractivity (Wildman–Crippen MR) is 139 cm³/mol. The van der Waals surface area contributed by atoms with Gasteiger partial charge in [-0.15, -0.1) is 11.3 Å². The van der Waals surface area contributed by atoms with E-state index in [4.69, 9.17) is 9.72 Å². The van der Waals surface area contributed by atoms with Gasteiger partial charge in [-0.3, -0.25) is 14.2 Å². The Morgan fingerprint density at radius 3 is 2.97 bits per heavy atom. The largest absolute Gasteiger partial charge is 0.376 e. The molecule has 0 bridgehead atoms. The number of hydrogen-bond acceptors (Lipinski definition) is 6. The van der Waals surface area contributed by atoms with Crippen molar-refractivity contribution < 1.29 is 9.53 Å². The number of nitrogens with zero attached hydrogens (tertiary/aromatic N) is 2. The van der Waals surface area contributed by atoms with Gasteiger partial charge in [-0.2, -0.15) is 0 Å². The highest BCUT2D eigenvalue weighted by Gasteiger charge is 2.19. The Morgan fingerprint density at radius 2 is 2.15 bits per heavy atom. The molecule has 8 heteroatoms. The van der Waals surface area contributed by atoms with Gasteiger partial charge in [-0.05, 0) is 31.4 Å². The normalized spacial score (nSPS) is 15.9. The Kier molecular flexibility index (Phi) is 6.99. The number of aryl methyl sites for hydroxylation is 1. The Labute approximate surface area is 206 Å². The number of fused-ring (bicyclic) bond motifs is 3. The van der Waals surface area contributed by atoms with Crippen molar-refractivity contribution in [1.29, 1.82) is 0 Å². The van der Waals surface area contributed by atoms with Crippen LogP contribution >= 0.6 is 23.1 Å². The molecule has 1 fully saturated rings. The van der Waals surface area contributed by atoms with Crippen molar-refractivity contribution in [2.45, 2.75) is 49.7 Å². The van der Waals surface area contributed by atoms with Gasteiger partial charge < -0.3 is 10.1 Å². The van der Waals surface area contributed by atoms with Gasteiger partial charge in [0, 0.05) is 42.0 Å². The minimum atomic E-state index is -0.0788. The van der Waals surface area contributed by atoms with E-state index in [1.165, 1.54) is 22.5 Å². The van der Waals surface area contributed by atoms with Crippen LogP contribution in [0.5, 0.6) is 0 Å². The topological polar surface area (TPSA) is 73.2 Å². The maximum Gasteiger partial charge on any atom is 0.272 e. The van der Waals surface area contributed by atoms with Crippen molar-refractivity contribution in [2.75, 3.05) is 13.2 Å². The predicted octanol–water partition coefficient (Wildman–Crippen LogP) is 4.90. The average Bonchev–Trinajstić information content (AvgIpc) is 3.49. The lowest BCUT2D eigenvalue weighted by Gasteiger charge is -2.14. The fourth-order valence-corrected chi connectivity index (χ4v) is 6.30. The molecule has 5 rings (SSSR count).